The molecule has 0 fully saturated rings. The molecule has 0 amide bonds. The Morgan fingerprint density at radius 3 is 2.60 bits per heavy atom. The summed E-state index contributed by atoms with van der Waals surface area (Å²) in [6.45, 7) is 0. The van der Waals surface area contributed by atoms with E-state index in [1.807, 2.05) is 0 Å². The maximum absolute atomic E-state index is 13.0. The van der Waals surface area contributed by atoms with Crippen LogP contribution in [0.25, 0.3) is 0 Å². The van der Waals surface area contributed by atoms with Gasteiger partial charge in [-0.3, -0.25) is 0 Å². The van der Waals surface area contributed by atoms with Crippen molar-refractivity contribution in [2.75, 3.05) is 0 Å². The Labute approximate surface area is 86.8 Å². The van der Waals surface area contributed by atoms with E-state index in [1.165, 1.54) is 0 Å². The van der Waals surface area contributed by atoms with Gasteiger partial charge in [-0.15, -0.1) is 11.6 Å². The lowest BCUT2D eigenvalue weighted by Gasteiger charge is -2.04. The first-order valence-electron chi connectivity index (χ1n) is 3.65. The number of nitrogens with zero attached hydrogens (tertiary/aromatic N) is 2. The Bertz CT molecular complexity index is 400. The molecule has 82 valence electrons. The van der Waals surface area contributed by atoms with E-state index in [0.29, 0.717) is 6.07 Å². The molecular formula is C7H4ClF3N2O2. The van der Waals surface area contributed by atoms with Crippen LogP contribution < -0.4 is 0 Å². The second-order valence-corrected chi connectivity index (χ2v) is 2.80. The Morgan fingerprint density at radius 2 is 2.20 bits per heavy atom. The summed E-state index contributed by atoms with van der Waals surface area (Å²) < 4.78 is 37.7. The fourth-order valence-corrected chi connectivity index (χ4v) is 1.23. The molecule has 1 rings (SSSR count). The quantitative estimate of drug-likeness (QED) is 0.353. The van der Waals surface area contributed by atoms with E-state index in [2.05, 4.69) is 4.98 Å². The molecule has 1 aromatic heterocycles. The van der Waals surface area contributed by atoms with Crippen LogP contribution in [0.4, 0.5) is 19.0 Å². The summed E-state index contributed by atoms with van der Waals surface area (Å²) in [6, 6.07) is 0.519. The van der Waals surface area contributed by atoms with E-state index in [0.717, 1.165) is 0 Å². The van der Waals surface area contributed by atoms with Gasteiger partial charge in [-0.25, -0.2) is 8.78 Å². The molecule has 0 unspecified atom stereocenters. The minimum atomic E-state index is -3.03. The lowest BCUT2D eigenvalue weighted by Crippen LogP contribution is -2.03. The van der Waals surface area contributed by atoms with Crippen molar-refractivity contribution in [3.63, 3.8) is 0 Å². The van der Waals surface area contributed by atoms with Crippen molar-refractivity contribution in [2.45, 2.75) is 12.3 Å². The average molecular weight is 241 g/mol. The molecule has 0 aliphatic rings. The summed E-state index contributed by atoms with van der Waals surface area (Å²) >= 11 is 5.23. The SMILES string of the molecule is O=[N+]([O-])c1cc(C(F)F)c(CCl)c(F)n1. The van der Waals surface area contributed by atoms with E-state index in [4.69, 9.17) is 11.6 Å². The molecule has 0 bridgehead atoms. The highest BCUT2D eigenvalue weighted by molar-refractivity contribution is 6.17. The molecule has 1 aromatic rings. The number of alkyl halides is 3. The number of nitro groups is 1. The molecule has 0 saturated carbocycles. The fourth-order valence-electron chi connectivity index (χ4n) is 0.966. The zero-order valence-corrected chi connectivity index (χ0v) is 7.84. The summed E-state index contributed by atoms with van der Waals surface area (Å²) in [5.74, 6) is -2.82. The first-order chi connectivity index (χ1) is 6.97. The summed E-state index contributed by atoms with van der Waals surface area (Å²) in [5, 5.41) is 10.2. The molecule has 0 atom stereocenters. The van der Waals surface area contributed by atoms with Gasteiger partial charge in [-0.2, -0.15) is 4.39 Å². The molecule has 0 aliphatic heterocycles. The smallest absolute Gasteiger partial charge is 0.358 e. The number of rotatable bonds is 3. The first-order valence-corrected chi connectivity index (χ1v) is 4.18. The second kappa shape index (κ2) is 4.43. The van der Waals surface area contributed by atoms with Gasteiger partial charge >= 0.3 is 11.8 Å². The lowest BCUT2D eigenvalue weighted by atomic mass is 10.1. The molecular weight excluding hydrogens is 237 g/mol. The number of aromatic nitrogens is 1. The van der Waals surface area contributed by atoms with E-state index < -0.39 is 40.1 Å². The third kappa shape index (κ3) is 2.35. The predicted molar refractivity (Wildman–Crippen MR) is 45.4 cm³/mol. The molecule has 8 heteroatoms. The van der Waals surface area contributed by atoms with Crippen molar-refractivity contribution in [1.82, 2.24) is 4.98 Å². The molecule has 0 spiro atoms. The highest BCUT2D eigenvalue weighted by Gasteiger charge is 2.24. The van der Waals surface area contributed by atoms with E-state index in [1.54, 1.807) is 0 Å². The van der Waals surface area contributed by atoms with Gasteiger partial charge in [0.1, 0.15) is 0 Å². The minimum absolute atomic E-state index is 0.516. The fraction of sp³-hybridized carbons (Fsp3) is 0.286. The number of hydrogen-bond donors (Lipinski definition) is 0. The van der Waals surface area contributed by atoms with Gasteiger partial charge in [0.05, 0.1) is 11.4 Å². The van der Waals surface area contributed by atoms with Gasteiger partial charge < -0.3 is 10.1 Å². The van der Waals surface area contributed by atoms with Crippen molar-refractivity contribution >= 4 is 17.4 Å². The Kier molecular flexibility index (Phi) is 3.46. The van der Waals surface area contributed by atoms with Gasteiger partial charge in [0, 0.05) is 11.6 Å². The van der Waals surface area contributed by atoms with Crippen LogP contribution in [0, 0.1) is 16.1 Å². The van der Waals surface area contributed by atoms with Gasteiger partial charge in [0.2, 0.25) is 0 Å². The van der Waals surface area contributed by atoms with Crippen LogP contribution in [0.3, 0.4) is 0 Å². The molecule has 0 aliphatic carbocycles. The monoisotopic (exact) mass is 240 g/mol. The van der Waals surface area contributed by atoms with Crippen LogP contribution in [0.5, 0.6) is 0 Å². The summed E-state index contributed by atoms with van der Waals surface area (Å²) in [7, 11) is 0. The zero-order valence-electron chi connectivity index (χ0n) is 7.08. The Hall–Kier alpha value is -1.37. The summed E-state index contributed by atoms with van der Waals surface area (Å²) in [4.78, 5) is 12.1. The van der Waals surface area contributed by atoms with Crippen LogP contribution >= 0.6 is 11.6 Å². The van der Waals surface area contributed by atoms with Crippen LogP contribution in [-0.2, 0) is 5.88 Å². The molecule has 0 aromatic carbocycles. The van der Waals surface area contributed by atoms with E-state index in [-0.39, 0.29) is 0 Å². The van der Waals surface area contributed by atoms with Crippen molar-refractivity contribution < 1.29 is 18.1 Å². The maximum Gasteiger partial charge on any atom is 0.367 e. The van der Waals surface area contributed by atoms with Crippen molar-refractivity contribution in [3.8, 4) is 0 Å². The van der Waals surface area contributed by atoms with Crippen molar-refractivity contribution in [2.24, 2.45) is 0 Å². The lowest BCUT2D eigenvalue weighted by molar-refractivity contribution is -0.390. The largest absolute Gasteiger partial charge is 0.367 e. The van der Waals surface area contributed by atoms with Crippen molar-refractivity contribution in [1.29, 1.82) is 0 Å². The average Bonchev–Trinajstić information content (AvgIpc) is 2.16. The van der Waals surface area contributed by atoms with Gasteiger partial charge in [0.25, 0.3) is 6.43 Å². The second-order valence-electron chi connectivity index (χ2n) is 2.53. The van der Waals surface area contributed by atoms with Crippen molar-refractivity contribution in [3.05, 3.63) is 33.3 Å². The standard InChI is InChI=1S/C7H4ClF3N2O2/c8-2-4-3(6(9)10)1-5(13(14)15)12-7(4)11/h1,6H,2H2. The predicted octanol–water partition coefficient (Wildman–Crippen LogP) is 2.81. The summed E-state index contributed by atoms with van der Waals surface area (Å²) in [5.41, 5.74) is -1.32. The number of pyridine rings is 1. The maximum atomic E-state index is 13.0. The molecule has 15 heavy (non-hydrogen) atoms. The zero-order chi connectivity index (χ0) is 11.6. The van der Waals surface area contributed by atoms with Gasteiger partial charge in [0.15, 0.2) is 0 Å². The molecule has 4 nitrogen and oxygen atoms in total. The molecule has 0 radical (unpaired) electrons. The van der Waals surface area contributed by atoms with Crippen LogP contribution in [0.15, 0.2) is 6.07 Å². The van der Waals surface area contributed by atoms with Gasteiger partial charge in [-0.1, -0.05) is 0 Å². The van der Waals surface area contributed by atoms with Gasteiger partial charge in [-0.05, 0) is 9.91 Å². The Morgan fingerprint density at radius 1 is 1.60 bits per heavy atom. The van der Waals surface area contributed by atoms with Crippen LogP contribution in [0.2, 0.25) is 0 Å². The highest BCUT2D eigenvalue weighted by Crippen LogP contribution is 2.28. The molecule has 0 N–H and O–H groups in total. The highest BCUT2D eigenvalue weighted by atomic mass is 35.5. The summed E-state index contributed by atoms with van der Waals surface area (Å²) in [6.07, 6.45) is -3.03. The van der Waals surface area contributed by atoms with E-state index >= 15 is 0 Å². The van der Waals surface area contributed by atoms with Crippen LogP contribution in [-0.4, -0.2) is 9.91 Å². The third-order valence-electron chi connectivity index (χ3n) is 1.65. The minimum Gasteiger partial charge on any atom is -0.358 e. The first kappa shape index (κ1) is 11.7. The topological polar surface area (TPSA) is 56.0 Å². The normalized spacial score (nSPS) is 10.7. The molecule has 1 heterocycles. The molecule has 0 saturated heterocycles. The Balaban J connectivity index is 3.38. The number of halogens is 4. The van der Waals surface area contributed by atoms with E-state index in [9.17, 15) is 23.3 Å². The third-order valence-corrected chi connectivity index (χ3v) is 1.92. The van der Waals surface area contributed by atoms with Crippen LogP contribution in [0.1, 0.15) is 17.6 Å². The number of hydrogen-bond acceptors (Lipinski definition) is 3.